The van der Waals surface area contributed by atoms with E-state index < -0.39 is 12.0 Å². The van der Waals surface area contributed by atoms with Crippen LogP contribution in [0.3, 0.4) is 0 Å². The van der Waals surface area contributed by atoms with Crippen molar-refractivity contribution >= 4 is 11.9 Å². The molecule has 0 aromatic heterocycles. The second kappa shape index (κ2) is 5.85. The maximum absolute atomic E-state index is 11.8. The highest BCUT2D eigenvalue weighted by atomic mass is 16.4. The second-order valence-electron chi connectivity index (χ2n) is 5.85. The molecule has 3 rings (SSSR count). The molecule has 0 aliphatic carbocycles. The van der Waals surface area contributed by atoms with E-state index >= 15 is 0 Å². The summed E-state index contributed by atoms with van der Waals surface area (Å²) in [5, 5.41) is 12.4. The van der Waals surface area contributed by atoms with E-state index in [0.717, 1.165) is 18.4 Å². The fourth-order valence-corrected chi connectivity index (χ4v) is 3.39. The number of hydrogen-bond donors (Lipinski definition) is 2. The van der Waals surface area contributed by atoms with Crippen molar-refractivity contribution in [2.45, 2.75) is 44.3 Å². The van der Waals surface area contributed by atoms with E-state index in [1.165, 1.54) is 5.56 Å². The van der Waals surface area contributed by atoms with Crippen LogP contribution in [0.15, 0.2) is 24.3 Å². The number of carboxylic acid groups (broad SMARTS) is 1. The molecule has 2 atom stereocenters. The molecule has 1 fully saturated rings. The molecule has 112 valence electrons. The zero-order chi connectivity index (χ0) is 14.8. The van der Waals surface area contributed by atoms with Crippen LogP contribution in [0.1, 0.15) is 30.4 Å². The summed E-state index contributed by atoms with van der Waals surface area (Å²) in [6.07, 6.45) is 2.68. The van der Waals surface area contributed by atoms with Crippen molar-refractivity contribution in [1.82, 2.24) is 10.2 Å². The first-order chi connectivity index (χ1) is 10.1. The lowest BCUT2D eigenvalue weighted by Gasteiger charge is -2.39. The number of amides is 1. The van der Waals surface area contributed by atoms with Gasteiger partial charge in [0.1, 0.15) is 6.04 Å². The Kier molecular flexibility index (Phi) is 3.92. The molecular weight excluding hydrogens is 268 g/mol. The highest BCUT2D eigenvalue weighted by molar-refractivity contribution is 5.77. The van der Waals surface area contributed by atoms with Crippen molar-refractivity contribution in [2.24, 2.45) is 0 Å². The molecule has 1 amide bonds. The summed E-state index contributed by atoms with van der Waals surface area (Å²) in [6.45, 7) is 1.31. The van der Waals surface area contributed by atoms with Gasteiger partial charge < -0.3 is 10.4 Å². The number of carbonyl (C=O) groups excluding carboxylic acids is 1. The van der Waals surface area contributed by atoms with Gasteiger partial charge in [0.15, 0.2) is 0 Å². The maximum atomic E-state index is 11.8. The summed E-state index contributed by atoms with van der Waals surface area (Å²) >= 11 is 0. The Morgan fingerprint density at radius 2 is 2.00 bits per heavy atom. The van der Waals surface area contributed by atoms with Gasteiger partial charge in [0.05, 0.1) is 0 Å². The quantitative estimate of drug-likeness (QED) is 0.857. The van der Waals surface area contributed by atoms with Crippen LogP contribution in [-0.4, -0.2) is 40.5 Å². The number of carbonyl (C=O) groups is 2. The number of rotatable bonds is 2. The van der Waals surface area contributed by atoms with Gasteiger partial charge in [-0.25, -0.2) is 0 Å². The van der Waals surface area contributed by atoms with Crippen LogP contribution in [0.25, 0.3) is 0 Å². The van der Waals surface area contributed by atoms with E-state index in [1.54, 1.807) is 0 Å². The van der Waals surface area contributed by atoms with E-state index in [0.29, 0.717) is 25.9 Å². The molecule has 2 aliphatic rings. The first kappa shape index (κ1) is 14.1. The minimum absolute atomic E-state index is 0.0157. The van der Waals surface area contributed by atoms with Gasteiger partial charge in [-0.05, 0) is 30.4 Å². The van der Waals surface area contributed by atoms with Crippen molar-refractivity contribution in [3.63, 3.8) is 0 Å². The predicted molar refractivity (Wildman–Crippen MR) is 77.8 cm³/mol. The highest BCUT2D eigenvalue weighted by Gasteiger charge is 2.36. The largest absolute Gasteiger partial charge is 0.480 e. The van der Waals surface area contributed by atoms with Gasteiger partial charge in [-0.1, -0.05) is 24.3 Å². The van der Waals surface area contributed by atoms with Crippen LogP contribution in [0, 0.1) is 0 Å². The molecule has 1 aromatic rings. The zero-order valence-corrected chi connectivity index (χ0v) is 11.9. The SMILES string of the molecule is O=C1CC(N2Cc3ccccc3C[C@H]2C(=O)O)CCCN1. The first-order valence-corrected chi connectivity index (χ1v) is 7.47. The third-order valence-corrected chi connectivity index (χ3v) is 4.50. The summed E-state index contributed by atoms with van der Waals surface area (Å²) in [5.41, 5.74) is 2.29. The maximum Gasteiger partial charge on any atom is 0.321 e. The molecule has 5 nitrogen and oxygen atoms in total. The van der Waals surface area contributed by atoms with Crippen molar-refractivity contribution < 1.29 is 14.7 Å². The number of benzene rings is 1. The standard InChI is InChI=1S/C16H20N2O3/c19-15-9-13(6-3-7-17-15)18-10-12-5-2-1-4-11(12)8-14(18)16(20)21/h1-2,4-5,13-14H,3,6-10H2,(H,17,19)(H,20,21)/t13?,14-/m0/s1. The summed E-state index contributed by atoms with van der Waals surface area (Å²) in [6, 6.07) is 7.47. The lowest BCUT2D eigenvalue weighted by Crippen LogP contribution is -2.51. The van der Waals surface area contributed by atoms with E-state index in [9.17, 15) is 14.7 Å². The van der Waals surface area contributed by atoms with Crippen molar-refractivity contribution in [3.8, 4) is 0 Å². The molecule has 2 N–H and O–H groups in total. The van der Waals surface area contributed by atoms with Crippen LogP contribution in [0.4, 0.5) is 0 Å². The number of hydrogen-bond acceptors (Lipinski definition) is 3. The van der Waals surface area contributed by atoms with Crippen LogP contribution in [0.2, 0.25) is 0 Å². The van der Waals surface area contributed by atoms with Gasteiger partial charge in [-0.3, -0.25) is 14.5 Å². The van der Waals surface area contributed by atoms with Gasteiger partial charge in [0.25, 0.3) is 0 Å². The number of carboxylic acids is 1. The average molecular weight is 288 g/mol. The lowest BCUT2D eigenvalue weighted by molar-refractivity contribution is -0.146. The topological polar surface area (TPSA) is 69.6 Å². The summed E-state index contributed by atoms with van der Waals surface area (Å²) in [4.78, 5) is 25.4. The van der Waals surface area contributed by atoms with Crippen LogP contribution >= 0.6 is 0 Å². The lowest BCUT2D eigenvalue weighted by atomic mass is 9.91. The summed E-state index contributed by atoms with van der Waals surface area (Å²) in [5.74, 6) is -0.769. The minimum atomic E-state index is -0.797. The normalized spacial score (nSPS) is 26.6. The van der Waals surface area contributed by atoms with Gasteiger partial charge in [-0.15, -0.1) is 0 Å². The third-order valence-electron chi connectivity index (χ3n) is 4.50. The number of fused-ring (bicyclic) bond motifs is 1. The molecule has 1 saturated heterocycles. The highest BCUT2D eigenvalue weighted by Crippen LogP contribution is 2.28. The summed E-state index contributed by atoms with van der Waals surface area (Å²) < 4.78 is 0. The molecule has 2 aliphatic heterocycles. The van der Waals surface area contributed by atoms with Crippen molar-refractivity contribution in [1.29, 1.82) is 0 Å². The van der Waals surface area contributed by atoms with Crippen molar-refractivity contribution in [3.05, 3.63) is 35.4 Å². The molecule has 0 radical (unpaired) electrons. The average Bonchev–Trinajstić information content (AvgIpc) is 2.70. The Hall–Kier alpha value is -1.88. The molecule has 2 heterocycles. The molecule has 0 spiro atoms. The third kappa shape index (κ3) is 2.93. The van der Waals surface area contributed by atoms with E-state index in [4.69, 9.17) is 0 Å². The Balaban J connectivity index is 1.88. The Morgan fingerprint density at radius 3 is 2.76 bits per heavy atom. The molecule has 0 bridgehead atoms. The Morgan fingerprint density at radius 1 is 1.24 bits per heavy atom. The summed E-state index contributed by atoms with van der Waals surface area (Å²) in [7, 11) is 0. The van der Waals surface area contributed by atoms with E-state index in [-0.39, 0.29) is 11.9 Å². The van der Waals surface area contributed by atoms with Crippen LogP contribution in [0.5, 0.6) is 0 Å². The molecular formula is C16H20N2O3. The van der Waals surface area contributed by atoms with Gasteiger partial charge in [0.2, 0.25) is 5.91 Å². The Labute approximate surface area is 123 Å². The minimum Gasteiger partial charge on any atom is -0.480 e. The number of aliphatic carboxylic acids is 1. The smallest absolute Gasteiger partial charge is 0.321 e. The van der Waals surface area contributed by atoms with Crippen molar-refractivity contribution in [2.75, 3.05) is 6.54 Å². The second-order valence-corrected chi connectivity index (χ2v) is 5.85. The molecule has 0 saturated carbocycles. The molecule has 1 unspecified atom stereocenters. The fraction of sp³-hybridized carbons (Fsp3) is 0.500. The molecule has 5 heteroatoms. The Bertz CT molecular complexity index is 558. The molecule has 1 aromatic carbocycles. The number of nitrogens with zero attached hydrogens (tertiary/aromatic N) is 1. The van der Waals surface area contributed by atoms with Gasteiger partial charge in [0, 0.05) is 25.6 Å². The first-order valence-electron chi connectivity index (χ1n) is 7.47. The van der Waals surface area contributed by atoms with Gasteiger partial charge in [-0.2, -0.15) is 0 Å². The van der Waals surface area contributed by atoms with E-state index in [2.05, 4.69) is 11.4 Å². The van der Waals surface area contributed by atoms with Crippen LogP contribution in [-0.2, 0) is 22.6 Å². The predicted octanol–water partition coefficient (Wildman–Crippen LogP) is 1.17. The molecule has 21 heavy (non-hydrogen) atoms. The number of nitrogens with one attached hydrogen (secondary N) is 1. The monoisotopic (exact) mass is 288 g/mol. The van der Waals surface area contributed by atoms with E-state index in [1.807, 2.05) is 23.1 Å². The zero-order valence-electron chi connectivity index (χ0n) is 11.9. The fourth-order valence-electron chi connectivity index (χ4n) is 3.39. The van der Waals surface area contributed by atoms with Gasteiger partial charge >= 0.3 is 5.97 Å². The van der Waals surface area contributed by atoms with Crippen LogP contribution < -0.4 is 5.32 Å².